The molecular formula is C13H16IN3O5S. The van der Waals surface area contributed by atoms with Crippen molar-refractivity contribution in [2.75, 3.05) is 19.3 Å². The highest BCUT2D eigenvalue weighted by Crippen LogP contribution is 2.22. The summed E-state index contributed by atoms with van der Waals surface area (Å²) in [6.45, 7) is 0.754. The van der Waals surface area contributed by atoms with E-state index in [0.717, 1.165) is 6.26 Å². The Bertz CT molecular complexity index is 737. The first-order valence-corrected chi connectivity index (χ1v) is 9.85. The zero-order valence-electron chi connectivity index (χ0n) is 12.4. The summed E-state index contributed by atoms with van der Waals surface area (Å²) in [6, 6.07) is 3.81. The summed E-state index contributed by atoms with van der Waals surface area (Å²) in [5.74, 6) is -0.321. The summed E-state index contributed by atoms with van der Waals surface area (Å²) in [5, 5.41) is 10.9. The number of benzene rings is 1. The van der Waals surface area contributed by atoms with Crippen LogP contribution in [-0.2, 0) is 10.0 Å². The average Bonchev–Trinajstić information content (AvgIpc) is 2.45. The second-order valence-corrected chi connectivity index (χ2v) is 8.34. The molecule has 2 rings (SSSR count). The van der Waals surface area contributed by atoms with Gasteiger partial charge in [-0.1, -0.05) is 0 Å². The molecule has 1 amide bonds. The van der Waals surface area contributed by atoms with E-state index in [4.69, 9.17) is 0 Å². The molecule has 1 heterocycles. The van der Waals surface area contributed by atoms with Gasteiger partial charge in [-0.3, -0.25) is 14.9 Å². The third kappa shape index (κ3) is 4.85. The van der Waals surface area contributed by atoms with Gasteiger partial charge in [0.2, 0.25) is 10.0 Å². The van der Waals surface area contributed by atoms with E-state index in [1.165, 1.54) is 23.1 Å². The number of piperidine rings is 1. The monoisotopic (exact) mass is 453 g/mol. The van der Waals surface area contributed by atoms with Gasteiger partial charge in [-0.2, -0.15) is 0 Å². The van der Waals surface area contributed by atoms with Crippen LogP contribution in [0, 0.1) is 13.7 Å². The quantitative estimate of drug-likeness (QED) is 0.421. The molecule has 8 nitrogen and oxygen atoms in total. The Hall–Kier alpha value is -1.27. The van der Waals surface area contributed by atoms with Gasteiger partial charge in [-0.05, 0) is 41.5 Å². The Labute approximate surface area is 147 Å². The van der Waals surface area contributed by atoms with E-state index < -0.39 is 14.9 Å². The van der Waals surface area contributed by atoms with Gasteiger partial charge < -0.3 is 4.90 Å². The molecule has 1 N–H and O–H groups in total. The Morgan fingerprint density at radius 1 is 1.48 bits per heavy atom. The van der Waals surface area contributed by atoms with Crippen molar-refractivity contribution in [3.05, 3.63) is 37.4 Å². The number of hydrogen-bond acceptors (Lipinski definition) is 5. The second-order valence-electron chi connectivity index (χ2n) is 5.40. The number of non-ortho nitro benzene ring substituents is 1. The van der Waals surface area contributed by atoms with Gasteiger partial charge in [-0.25, -0.2) is 13.1 Å². The first-order valence-electron chi connectivity index (χ1n) is 6.88. The van der Waals surface area contributed by atoms with Crippen molar-refractivity contribution in [3.63, 3.8) is 0 Å². The predicted octanol–water partition coefficient (Wildman–Crippen LogP) is 1.35. The predicted molar refractivity (Wildman–Crippen MR) is 92.7 cm³/mol. The second kappa shape index (κ2) is 7.09. The van der Waals surface area contributed by atoms with Crippen LogP contribution in [0.15, 0.2) is 18.2 Å². The van der Waals surface area contributed by atoms with Crippen LogP contribution < -0.4 is 4.72 Å². The van der Waals surface area contributed by atoms with Crippen molar-refractivity contribution in [1.29, 1.82) is 0 Å². The van der Waals surface area contributed by atoms with E-state index in [9.17, 15) is 23.3 Å². The molecule has 23 heavy (non-hydrogen) atoms. The minimum absolute atomic E-state index is 0.142. The molecule has 0 bridgehead atoms. The third-order valence-electron chi connectivity index (χ3n) is 3.48. The molecule has 1 aromatic carbocycles. The molecule has 0 saturated carbocycles. The van der Waals surface area contributed by atoms with Gasteiger partial charge in [0.25, 0.3) is 11.6 Å². The number of nitrogens with one attached hydrogen (secondary N) is 1. The Kier molecular flexibility index (Phi) is 5.57. The molecule has 10 heteroatoms. The van der Waals surface area contributed by atoms with Gasteiger partial charge >= 0.3 is 0 Å². The standard InChI is InChI=1S/C13H16IN3O5S/c1-23(21,22)15-9-3-2-6-16(8-9)13(18)11-7-10(17(19)20)4-5-12(11)14/h4-5,7,9,15H,2-3,6,8H2,1H3. The minimum Gasteiger partial charge on any atom is -0.337 e. The molecule has 1 fully saturated rings. The third-order valence-corrected chi connectivity index (χ3v) is 5.18. The molecule has 0 aromatic heterocycles. The van der Waals surface area contributed by atoms with Gasteiger partial charge in [0, 0.05) is 34.8 Å². The highest BCUT2D eigenvalue weighted by Gasteiger charge is 2.28. The normalized spacial score (nSPS) is 18.7. The number of sulfonamides is 1. The first kappa shape index (κ1) is 18.1. The molecule has 1 unspecified atom stereocenters. The fraction of sp³-hybridized carbons (Fsp3) is 0.462. The van der Waals surface area contributed by atoms with Crippen LogP contribution in [0.5, 0.6) is 0 Å². The van der Waals surface area contributed by atoms with Crippen LogP contribution in [0.2, 0.25) is 0 Å². The number of hydrogen-bond donors (Lipinski definition) is 1. The van der Waals surface area contributed by atoms with Crippen molar-refractivity contribution in [2.24, 2.45) is 0 Å². The number of likely N-dealkylation sites (tertiary alicyclic amines) is 1. The van der Waals surface area contributed by atoms with E-state index in [-0.39, 0.29) is 29.7 Å². The highest BCUT2D eigenvalue weighted by molar-refractivity contribution is 14.1. The molecule has 1 aliphatic heterocycles. The van der Waals surface area contributed by atoms with Crippen LogP contribution in [-0.4, -0.2) is 49.5 Å². The summed E-state index contributed by atoms with van der Waals surface area (Å²) in [6.07, 6.45) is 2.41. The summed E-state index contributed by atoms with van der Waals surface area (Å²) in [4.78, 5) is 24.5. The number of carbonyl (C=O) groups excluding carboxylic acids is 1. The zero-order valence-corrected chi connectivity index (χ0v) is 15.3. The summed E-state index contributed by atoms with van der Waals surface area (Å²) >= 11 is 1.96. The molecule has 1 atom stereocenters. The Morgan fingerprint density at radius 3 is 2.78 bits per heavy atom. The van der Waals surface area contributed by atoms with E-state index in [0.29, 0.717) is 23.0 Å². The van der Waals surface area contributed by atoms with Crippen LogP contribution in [0.3, 0.4) is 0 Å². The average molecular weight is 453 g/mol. The van der Waals surface area contributed by atoms with Crippen molar-refractivity contribution >= 4 is 44.2 Å². The number of nitro groups is 1. The summed E-state index contributed by atoms with van der Waals surface area (Å²) in [5.41, 5.74) is 0.122. The van der Waals surface area contributed by atoms with Crippen molar-refractivity contribution in [2.45, 2.75) is 18.9 Å². The number of halogens is 1. The molecule has 1 aliphatic rings. The van der Waals surface area contributed by atoms with Crippen LogP contribution in [0.4, 0.5) is 5.69 Å². The fourth-order valence-electron chi connectivity index (χ4n) is 2.52. The van der Waals surface area contributed by atoms with E-state index in [1.807, 2.05) is 22.6 Å². The van der Waals surface area contributed by atoms with Gasteiger partial charge in [0.1, 0.15) is 0 Å². The van der Waals surface area contributed by atoms with E-state index in [1.54, 1.807) is 0 Å². The zero-order chi connectivity index (χ0) is 17.2. The van der Waals surface area contributed by atoms with Crippen LogP contribution in [0.1, 0.15) is 23.2 Å². The number of nitrogens with zero attached hydrogens (tertiary/aromatic N) is 2. The Morgan fingerprint density at radius 2 is 2.17 bits per heavy atom. The molecule has 0 radical (unpaired) electrons. The molecule has 126 valence electrons. The highest BCUT2D eigenvalue weighted by atomic mass is 127. The van der Waals surface area contributed by atoms with Crippen LogP contribution in [0.25, 0.3) is 0 Å². The summed E-state index contributed by atoms with van der Waals surface area (Å²) in [7, 11) is -3.34. The molecular weight excluding hydrogens is 437 g/mol. The van der Waals surface area contributed by atoms with Crippen molar-refractivity contribution in [1.82, 2.24) is 9.62 Å². The van der Waals surface area contributed by atoms with Gasteiger partial charge in [0.05, 0.1) is 16.7 Å². The number of amides is 1. The maximum absolute atomic E-state index is 12.6. The number of nitro benzene ring substituents is 1. The lowest BCUT2D eigenvalue weighted by atomic mass is 10.1. The molecule has 0 spiro atoms. The number of rotatable bonds is 4. The maximum Gasteiger partial charge on any atom is 0.270 e. The topological polar surface area (TPSA) is 110 Å². The van der Waals surface area contributed by atoms with E-state index in [2.05, 4.69) is 4.72 Å². The van der Waals surface area contributed by atoms with Crippen molar-refractivity contribution < 1.29 is 18.1 Å². The smallest absolute Gasteiger partial charge is 0.270 e. The molecule has 0 aliphatic carbocycles. The maximum atomic E-state index is 12.6. The molecule has 1 aromatic rings. The van der Waals surface area contributed by atoms with Crippen molar-refractivity contribution in [3.8, 4) is 0 Å². The minimum atomic E-state index is -3.34. The van der Waals surface area contributed by atoms with Crippen LogP contribution >= 0.6 is 22.6 Å². The summed E-state index contributed by atoms with van der Waals surface area (Å²) < 4.78 is 25.8. The SMILES string of the molecule is CS(=O)(=O)NC1CCCN(C(=O)c2cc([N+](=O)[O-])ccc2I)C1. The molecule has 1 saturated heterocycles. The largest absolute Gasteiger partial charge is 0.337 e. The van der Waals surface area contributed by atoms with Gasteiger partial charge in [-0.15, -0.1) is 0 Å². The lowest BCUT2D eigenvalue weighted by Crippen LogP contribution is -2.49. The number of carbonyl (C=O) groups is 1. The Balaban J connectivity index is 2.20. The van der Waals surface area contributed by atoms with E-state index >= 15 is 0 Å². The van der Waals surface area contributed by atoms with Gasteiger partial charge in [0.15, 0.2) is 0 Å². The lowest BCUT2D eigenvalue weighted by molar-refractivity contribution is -0.384. The fourth-order valence-corrected chi connectivity index (χ4v) is 3.89. The first-order chi connectivity index (χ1) is 10.7. The lowest BCUT2D eigenvalue weighted by Gasteiger charge is -2.33.